The van der Waals surface area contributed by atoms with Gasteiger partial charge in [0.1, 0.15) is 5.41 Å². The lowest BCUT2D eigenvalue weighted by molar-refractivity contribution is -0.116. The predicted molar refractivity (Wildman–Crippen MR) is 103 cm³/mol. The normalized spacial score (nSPS) is 26.0. The van der Waals surface area contributed by atoms with E-state index in [1.165, 1.54) is 0 Å². The van der Waals surface area contributed by atoms with E-state index in [2.05, 4.69) is 13.0 Å². The van der Waals surface area contributed by atoms with Crippen molar-refractivity contribution in [1.29, 1.82) is 0 Å². The number of hydrogen-bond donors (Lipinski definition) is 0. The maximum Gasteiger partial charge on any atom is 0.402 e. The van der Waals surface area contributed by atoms with Crippen molar-refractivity contribution >= 4 is 14.0 Å². The fourth-order valence-electron chi connectivity index (χ4n) is 4.39. The minimum absolute atomic E-state index is 0.262. The molecule has 0 saturated heterocycles. The van der Waals surface area contributed by atoms with Crippen LogP contribution in [0.15, 0.2) is 84.0 Å². The van der Waals surface area contributed by atoms with Gasteiger partial charge in [0, 0.05) is 5.41 Å². The molecule has 0 aliphatic heterocycles. The lowest BCUT2D eigenvalue weighted by Gasteiger charge is -2.47. The summed E-state index contributed by atoms with van der Waals surface area (Å²) >= 11 is 0. The van der Waals surface area contributed by atoms with Crippen molar-refractivity contribution in [3.8, 4) is 0 Å². The molecule has 2 nitrogen and oxygen atoms in total. The quantitative estimate of drug-likeness (QED) is 0.698. The van der Waals surface area contributed by atoms with Gasteiger partial charge in [0.05, 0.1) is 0 Å². The number of rotatable bonds is 4. The second-order valence-electron chi connectivity index (χ2n) is 6.83. The first-order chi connectivity index (χ1) is 12.0. The molecule has 0 heterocycles. The maximum atomic E-state index is 13.2. The molecule has 126 valence electrons. The van der Waals surface area contributed by atoms with Crippen LogP contribution in [0.5, 0.6) is 0 Å². The van der Waals surface area contributed by atoms with E-state index in [4.69, 9.17) is 0 Å². The van der Waals surface area contributed by atoms with E-state index in [0.29, 0.717) is 0 Å². The van der Waals surface area contributed by atoms with Gasteiger partial charge in [-0.15, -0.1) is 0 Å². The molecule has 3 heteroatoms. The van der Waals surface area contributed by atoms with E-state index in [1.807, 2.05) is 80.6 Å². The summed E-state index contributed by atoms with van der Waals surface area (Å²) in [5.41, 5.74) is 2.10. The summed E-state index contributed by atoms with van der Waals surface area (Å²) in [5, 5.41) is 0. The van der Waals surface area contributed by atoms with Crippen LogP contribution in [0.4, 0.5) is 0 Å². The fraction of sp³-hybridized carbons (Fsp3) is 0.227. The van der Waals surface area contributed by atoms with Gasteiger partial charge in [0.15, 0.2) is 0 Å². The van der Waals surface area contributed by atoms with Crippen LogP contribution < -0.4 is 0 Å². The highest BCUT2D eigenvalue weighted by Gasteiger charge is 2.60. The van der Waals surface area contributed by atoms with Gasteiger partial charge < -0.3 is 0 Å². The Morgan fingerprint density at radius 3 is 1.92 bits per heavy atom. The highest BCUT2D eigenvalue weighted by molar-refractivity contribution is 7.46. The Kier molecular flexibility index (Phi) is 4.58. The van der Waals surface area contributed by atoms with E-state index < -0.39 is 19.3 Å². The zero-order valence-electron chi connectivity index (χ0n) is 14.7. The van der Waals surface area contributed by atoms with Crippen molar-refractivity contribution in [3.63, 3.8) is 0 Å². The number of allylic oxidation sites excluding steroid dienone is 4. The van der Waals surface area contributed by atoms with Crippen molar-refractivity contribution in [1.82, 2.24) is 0 Å². The van der Waals surface area contributed by atoms with Crippen LogP contribution >= 0.6 is 8.46 Å². The van der Waals surface area contributed by atoms with Crippen LogP contribution in [0.3, 0.4) is 0 Å². The van der Waals surface area contributed by atoms with E-state index >= 15 is 0 Å². The molecule has 25 heavy (non-hydrogen) atoms. The lowest BCUT2D eigenvalue weighted by Crippen LogP contribution is -2.52. The van der Waals surface area contributed by atoms with Crippen molar-refractivity contribution < 1.29 is 9.36 Å². The third-order valence-corrected chi connectivity index (χ3v) is 5.90. The van der Waals surface area contributed by atoms with Crippen LogP contribution in [-0.2, 0) is 20.2 Å². The summed E-state index contributed by atoms with van der Waals surface area (Å²) in [6.45, 7) is 6.10. The molecule has 2 aromatic rings. The highest BCUT2D eigenvalue weighted by atomic mass is 31.1. The molecule has 0 N–H and O–H groups in total. The predicted octanol–water partition coefficient (Wildman–Crippen LogP) is 5.34. The van der Waals surface area contributed by atoms with E-state index in [-0.39, 0.29) is 5.52 Å². The standard InChI is InChI=1S/C22H21O2P/c1-16-14-17(2)22(20(23)25-24,19-12-8-5-9-13-19)21(3,15-16)18-10-6-4-7-11-18/h4-15H,1-3H3/p+1. The highest BCUT2D eigenvalue weighted by Crippen LogP contribution is 2.54. The molecule has 0 fully saturated rings. The van der Waals surface area contributed by atoms with Gasteiger partial charge in [0.2, 0.25) is 0 Å². The number of carbonyl (C=O) groups excluding carboxylic acids is 1. The monoisotopic (exact) mass is 349 g/mol. The number of hydrogen-bond acceptors (Lipinski definition) is 2. The molecule has 2 aromatic carbocycles. The minimum Gasteiger partial charge on any atom is -0.239 e. The lowest BCUT2D eigenvalue weighted by atomic mass is 9.53. The molecule has 3 unspecified atom stereocenters. The van der Waals surface area contributed by atoms with Crippen molar-refractivity contribution in [2.45, 2.75) is 31.6 Å². The molecule has 0 amide bonds. The molecule has 0 aromatic heterocycles. The average Bonchev–Trinajstić information content (AvgIpc) is 2.62. The Morgan fingerprint density at radius 2 is 1.40 bits per heavy atom. The number of carbonyl (C=O) groups is 1. The van der Waals surface area contributed by atoms with Gasteiger partial charge in [-0.3, -0.25) is 0 Å². The van der Waals surface area contributed by atoms with Crippen molar-refractivity contribution in [2.24, 2.45) is 0 Å². The first kappa shape index (κ1) is 17.5. The van der Waals surface area contributed by atoms with Gasteiger partial charge >= 0.3 is 14.0 Å². The molecule has 0 spiro atoms. The first-order valence-corrected chi connectivity index (χ1v) is 9.29. The Hall–Kier alpha value is -2.31. The van der Waals surface area contributed by atoms with Gasteiger partial charge in [-0.05, 0) is 30.5 Å². The van der Waals surface area contributed by atoms with Crippen LogP contribution in [0, 0.1) is 0 Å². The average molecular weight is 349 g/mol. The largest absolute Gasteiger partial charge is 0.402 e. The molecule has 0 saturated carbocycles. The summed E-state index contributed by atoms with van der Waals surface area (Å²) in [5.74, 6) is 0. The second kappa shape index (κ2) is 6.54. The summed E-state index contributed by atoms with van der Waals surface area (Å²) in [7, 11) is -1.01. The maximum absolute atomic E-state index is 13.2. The first-order valence-electron chi connectivity index (χ1n) is 8.38. The van der Waals surface area contributed by atoms with E-state index in [1.54, 1.807) is 0 Å². The van der Waals surface area contributed by atoms with Crippen LogP contribution in [0.1, 0.15) is 31.9 Å². The molecular weight excluding hydrogens is 327 g/mol. The summed E-state index contributed by atoms with van der Waals surface area (Å²) in [6, 6.07) is 19.7. The second-order valence-corrected chi connectivity index (χ2v) is 7.49. The van der Waals surface area contributed by atoms with E-state index in [9.17, 15) is 9.36 Å². The van der Waals surface area contributed by atoms with Crippen LogP contribution in [0.25, 0.3) is 0 Å². The van der Waals surface area contributed by atoms with Gasteiger partial charge in [-0.2, -0.15) is 0 Å². The Balaban J connectivity index is 2.43. The molecule has 3 rings (SSSR count). The third kappa shape index (κ3) is 2.53. The zero-order valence-corrected chi connectivity index (χ0v) is 15.7. The Morgan fingerprint density at radius 1 is 0.880 bits per heavy atom. The minimum atomic E-state index is -1.01. The SMILES string of the molecule is CC1=CC(C)(c2ccccc2)C(C(=O)[PH+]=O)(c2ccccc2)C(C)=C1. The molecule has 0 radical (unpaired) electrons. The summed E-state index contributed by atoms with van der Waals surface area (Å²) in [4.78, 5) is 13.2. The molecule has 1 aliphatic rings. The van der Waals surface area contributed by atoms with Gasteiger partial charge in [-0.1, -0.05) is 89.9 Å². The Labute approximate surface area is 150 Å². The molecular formula is C22H22O2P+. The molecule has 1 aliphatic carbocycles. The molecule has 3 atom stereocenters. The molecule has 0 bridgehead atoms. The van der Waals surface area contributed by atoms with Crippen molar-refractivity contribution in [3.05, 3.63) is 95.1 Å². The fourth-order valence-corrected chi connectivity index (χ4v) is 5.14. The van der Waals surface area contributed by atoms with Gasteiger partial charge in [-0.25, -0.2) is 4.79 Å². The number of benzene rings is 2. The summed E-state index contributed by atoms with van der Waals surface area (Å²) < 4.78 is 11.9. The summed E-state index contributed by atoms with van der Waals surface area (Å²) in [6.07, 6.45) is 4.18. The van der Waals surface area contributed by atoms with Crippen molar-refractivity contribution in [2.75, 3.05) is 0 Å². The third-order valence-electron chi connectivity index (χ3n) is 5.34. The zero-order chi connectivity index (χ0) is 18.1. The van der Waals surface area contributed by atoms with Crippen LogP contribution in [0.2, 0.25) is 0 Å². The smallest absolute Gasteiger partial charge is 0.239 e. The van der Waals surface area contributed by atoms with Gasteiger partial charge in [0.25, 0.3) is 0 Å². The van der Waals surface area contributed by atoms with Crippen LogP contribution in [-0.4, -0.2) is 5.52 Å². The topological polar surface area (TPSA) is 34.1 Å². The Bertz CT molecular complexity index is 867. The van der Waals surface area contributed by atoms with E-state index in [0.717, 1.165) is 22.3 Å².